The number of hydrogen-bond acceptors (Lipinski definition) is 8. The van der Waals surface area contributed by atoms with Gasteiger partial charge in [0.2, 0.25) is 0 Å². The molecule has 4 N–H and O–H groups in total. The molecule has 0 aliphatic rings. The van der Waals surface area contributed by atoms with Crippen LogP contribution in [0.2, 0.25) is 0 Å². The third-order valence-electron chi connectivity index (χ3n) is 3.75. The van der Waals surface area contributed by atoms with Crippen molar-refractivity contribution in [2.75, 3.05) is 6.54 Å². The van der Waals surface area contributed by atoms with Crippen LogP contribution in [0.1, 0.15) is 88.0 Å². The Morgan fingerprint density at radius 2 is 1.09 bits per heavy atom. The SMILES string of the molecule is CC(C)(C)OC(=O)CC[C@H](NC(=O)N[C@@H](CCCN)C(=O)OC(C)(C)C)C(=O)OC(C)(C)C. The molecule has 0 bridgehead atoms. The average molecular weight is 474 g/mol. The number of ether oxygens (including phenoxy) is 3. The van der Waals surface area contributed by atoms with Crippen molar-refractivity contribution in [1.82, 2.24) is 10.6 Å². The molecule has 0 aromatic carbocycles. The monoisotopic (exact) mass is 473 g/mol. The maximum absolute atomic E-state index is 12.7. The van der Waals surface area contributed by atoms with Gasteiger partial charge in [0.25, 0.3) is 0 Å². The highest BCUT2D eigenvalue weighted by atomic mass is 16.6. The van der Waals surface area contributed by atoms with Crippen molar-refractivity contribution in [1.29, 1.82) is 0 Å². The number of urea groups is 1. The summed E-state index contributed by atoms with van der Waals surface area (Å²) in [6.07, 6.45) is 0.619. The van der Waals surface area contributed by atoms with Crippen molar-refractivity contribution in [3.8, 4) is 0 Å². The molecule has 0 rings (SSSR count). The van der Waals surface area contributed by atoms with Gasteiger partial charge in [-0.05, 0) is 88.1 Å². The minimum atomic E-state index is -1.12. The second kappa shape index (κ2) is 12.8. The van der Waals surface area contributed by atoms with E-state index in [0.29, 0.717) is 13.0 Å². The molecule has 192 valence electrons. The minimum absolute atomic E-state index is 0.0306. The van der Waals surface area contributed by atoms with Crippen molar-refractivity contribution in [3.63, 3.8) is 0 Å². The predicted octanol–water partition coefficient (Wildman–Crippen LogP) is 2.57. The summed E-state index contributed by atoms with van der Waals surface area (Å²) in [5, 5.41) is 5.05. The molecule has 33 heavy (non-hydrogen) atoms. The molecule has 0 radical (unpaired) electrons. The van der Waals surface area contributed by atoms with Gasteiger partial charge in [0.15, 0.2) is 0 Å². The first-order chi connectivity index (χ1) is 14.8. The predicted molar refractivity (Wildman–Crippen MR) is 124 cm³/mol. The quantitative estimate of drug-likeness (QED) is 0.324. The fraction of sp³-hybridized carbons (Fsp3) is 0.826. The van der Waals surface area contributed by atoms with Crippen LogP contribution in [0.5, 0.6) is 0 Å². The van der Waals surface area contributed by atoms with Crippen molar-refractivity contribution >= 4 is 23.9 Å². The molecule has 0 aliphatic heterocycles. The summed E-state index contributed by atoms with van der Waals surface area (Å²) in [6, 6.07) is -2.83. The third kappa shape index (κ3) is 16.0. The lowest BCUT2D eigenvalue weighted by atomic mass is 10.1. The Hall–Kier alpha value is -2.36. The Kier molecular flexibility index (Phi) is 11.9. The van der Waals surface area contributed by atoms with Gasteiger partial charge in [-0.25, -0.2) is 14.4 Å². The van der Waals surface area contributed by atoms with E-state index in [-0.39, 0.29) is 19.3 Å². The standard InChI is InChI=1S/C23H43N3O7/c1-21(2,3)31-17(27)13-12-16(19(29)33-23(7,8)9)26-20(30)25-15(11-10-14-24)18(28)32-22(4,5)6/h15-16H,10-14,24H2,1-9H3,(H2,25,26,30)/t15-,16-/m0/s1. The van der Waals surface area contributed by atoms with Crippen LogP contribution >= 0.6 is 0 Å². The molecular weight excluding hydrogens is 430 g/mol. The van der Waals surface area contributed by atoms with Crippen molar-refractivity contribution < 1.29 is 33.4 Å². The molecule has 2 amide bonds. The third-order valence-corrected chi connectivity index (χ3v) is 3.75. The Labute approximate surface area is 197 Å². The Morgan fingerprint density at radius 3 is 1.45 bits per heavy atom. The molecule has 0 spiro atoms. The second-order valence-electron chi connectivity index (χ2n) is 10.8. The highest BCUT2D eigenvalue weighted by molar-refractivity contribution is 5.87. The van der Waals surface area contributed by atoms with Gasteiger partial charge in [0.1, 0.15) is 28.9 Å². The average Bonchev–Trinajstić information content (AvgIpc) is 2.57. The number of rotatable bonds is 10. The van der Waals surface area contributed by atoms with Crippen LogP contribution in [0.15, 0.2) is 0 Å². The lowest BCUT2D eigenvalue weighted by molar-refractivity contribution is -0.159. The molecule has 0 aromatic rings. The maximum atomic E-state index is 12.7. The number of nitrogens with one attached hydrogen (secondary N) is 2. The van der Waals surface area contributed by atoms with Crippen LogP contribution in [0.25, 0.3) is 0 Å². The topological polar surface area (TPSA) is 146 Å². The van der Waals surface area contributed by atoms with Gasteiger partial charge >= 0.3 is 23.9 Å². The zero-order chi connectivity index (χ0) is 26.0. The van der Waals surface area contributed by atoms with Crippen LogP contribution in [0.4, 0.5) is 4.79 Å². The molecule has 0 aliphatic carbocycles. The van der Waals surface area contributed by atoms with E-state index < -0.39 is 52.8 Å². The van der Waals surface area contributed by atoms with E-state index in [0.717, 1.165) is 0 Å². The van der Waals surface area contributed by atoms with E-state index in [1.165, 1.54) is 0 Å². The van der Waals surface area contributed by atoms with E-state index in [1.54, 1.807) is 62.3 Å². The number of hydrogen-bond donors (Lipinski definition) is 3. The van der Waals surface area contributed by atoms with Crippen LogP contribution in [-0.4, -0.2) is 59.4 Å². The summed E-state index contributed by atoms with van der Waals surface area (Å²) in [7, 11) is 0. The van der Waals surface area contributed by atoms with E-state index in [2.05, 4.69) is 10.6 Å². The molecule has 0 saturated carbocycles. The maximum Gasteiger partial charge on any atom is 0.329 e. The molecule has 10 nitrogen and oxygen atoms in total. The Morgan fingerprint density at radius 1 is 0.697 bits per heavy atom. The molecule has 0 aromatic heterocycles. The smallest absolute Gasteiger partial charge is 0.329 e. The summed E-state index contributed by atoms with van der Waals surface area (Å²) >= 11 is 0. The molecule has 0 unspecified atom stereocenters. The van der Waals surface area contributed by atoms with Gasteiger partial charge < -0.3 is 30.6 Å². The highest BCUT2D eigenvalue weighted by Crippen LogP contribution is 2.14. The molecule has 0 saturated heterocycles. The summed E-state index contributed by atoms with van der Waals surface area (Å²) in [5.41, 5.74) is 3.34. The highest BCUT2D eigenvalue weighted by Gasteiger charge is 2.31. The number of nitrogens with two attached hydrogens (primary N) is 1. The molecule has 0 heterocycles. The van der Waals surface area contributed by atoms with Gasteiger partial charge in [0, 0.05) is 6.42 Å². The van der Waals surface area contributed by atoms with Gasteiger partial charge in [-0.15, -0.1) is 0 Å². The molecule has 10 heteroatoms. The number of carbonyl (C=O) groups is 4. The first kappa shape index (κ1) is 30.6. The Bertz CT molecular complexity index is 673. The molecule has 0 fully saturated rings. The number of esters is 3. The molecule has 2 atom stereocenters. The van der Waals surface area contributed by atoms with E-state index in [1.807, 2.05) is 0 Å². The largest absolute Gasteiger partial charge is 0.460 e. The van der Waals surface area contributed by atoms with Gasteiger partial charge in [-0.3, -0.25) is 4.79 Å². The van der Waals surface area contributed by atoms with Gasteiger partial charge in [0.05, 0.1) is 0 Å². The zero-order valence-electron chi connectivity index (χ0n) is 21.6. The number of carbonyl (C=O) groups excluding carboxylic acids is 4. The summed E-state index contributed by atoms with van der Waals surface area (Å²) in [5.74, 6) is -1.81. The zero-order valence-corrected chi connectivity index (χ0v) is 21.6. The summed E-state index contributed by atoms with van der Waals surface area (Å²) in [4.78, 5) is 49.9. The van der Waals surface area contributed by atoms with E-state index in [9.17, 15) is 19.2 Å². The fourth-order valence-electron chi connectivity index (χ4n) is 2.58. The van der Waals surface area contributed by atoms with Crippen molar-refractivity contribution in [3.05, 3.63) is 0 Å². The van der Waals surface area contributed by atoms with E-state index >= 15 is 0 Å². The van der Waals surface area contributed by atoms with Gasteiger partial charge in [-0.1, -0.05) is 0 Å². The minimum Gasteiger partial charge on any atom is -0.460 e. The normalized spacial score (nSPS) is 14.0. The second-order valence-corrected chi connectivity index (χ2v) is 10.8. The number of amides is 2. The van der Waals surface area contributed by atoms with Crippen LogP contribution in [-0.2, 0) is 28.6 Å². The van der Waals surface area contributed by atoms with Gasteiger partial charge in [-0.2, -0.15) is 0 Å². The van der Waals surface area contributed by atoms with E-state index in [4.69, 9.17) is 19.9 Å². The Balaban J connectivity index is 5.34. The van der Waals surface area contributed by atoms with Crippen LogP contribution in [0.3, 0.4) is 0 Å². The summed E-state index contributed by atoms with van der Waals surface area (Å²) in [6.45, 7) is 15.8. The van der Waals surface area contributed by atoms with Crippen LogP contribution < -0.4 is 16.4 Å². The van der Waals surface area contributed by atoms with Crippen molar-refractivity contribution in [2.24, 2.45) is 5.73 Å². The van der Waals surface area contributed by atoms with Crippen LogP contribution in [0, 0.1) is 0 Å². The lowest BCUT2D eigenvalue weighted by Crippen LogP contribution is -2.53. The first-order valence-corrected chi connectivity index (χ1v) is 11.3. The van der Waals surface area contributed by atoms with Crippen molar-refractivity contribution in [2.45, 2.75) is 117 Å². The lowest BCUT2D eigenvalue weighted by Gasteiger charge is -2.27. The first-order valence-electron chi connectivity index (χ1n) is 11.3. The summed E-state index contributed by atoms with van der Waals surface area (Å²) < 4.78 is 16.0. The molecular formula is C23H43N3O7. The fourth-order valence-corrected chi connectivity index (χ4v) is 2.58.